The van der Waals surface area contributed by atoms with Crippen molar-refractivity contribution < 1.29 is 9.53 Å². The number of benzene rings is 2. The molecule has 116 valence electrons. The van der Waals surface area contributed by atoms with Crippen molar-refractivity contribution in [3.63, 3.8) is 0 Å². The normalized spacial score (nSPS) is 10.5. The maximum absolute atomic E-state index is 12.4. The lowest BCUT2D eigenvalue weighted by Crippen LogP contribution is -2.06. The number of carbonyl (C=O) groups is 1. The highest BCUT2D eigenvalue weighted by Gasteiger charge is 2.14. The Bertz CT molecular complexity index is 802. The summed E-state index contributed by atoms with van der Waals surface area (Å²) in [6, 6.07) is 17.0. The lowest BCUT2D eigenvalue weighted by Gasteiger charge is -2.08. The first-order chi connectivity index (χ1) is 11.3. The number of thioether (sulfide) groups is 1. The summed E-state index contributed by atoms with van der Waals surface area (Å²) in [5.74, 6) is 0.851. The molecule has 3 aromatic rings. The van der Waals surface area contributed by atoms with Gasteiger partial charge in [-0.05, 0) is 24.3 Å². The average Bonchev–Trinajstić information content (AvgIpc) is 3.09. The predicted octanol–water partition coefficient (Wildman–Crippen LogP) is 3.25. The molecule has 0 radical (unpaired) electrons. The summed E-state index contributed by atoms with van der Waals surface area (Å²) in [6.07, 6.45) is 1.64. The number of hydrogen-bond donors (Lipinski definition) is 0. The van der Waals surface area contributed by atoms with Gasteiger partial charge < -0.3 is 4.74 Å². The fraction of sp³-hybridized carbons (Fsp3) is 0.118. The Hall–Kier alpha value is -2.60. The zero-order chi connectivity index (χ0) is 16.1. The fourth-order valence-corrected chi connectivity index (χ4v) is 2.98. The van der Waals surface area contributed by atoms with E-state index in [1.165, 1.54) is 11.8 Å². The molecule has 3 rings (SSSR count). The number of ketones is 1. The van der Waals surface area contributed by atoms with Crippen molar-refractivity contribution in [2.75, 3.05) is 12.9 Å². The summed E-state index contributed by atoms with van der Waals surface area (Å²) < 4.78 is 7.09. The molecule has 0 spiro atoms. The molecule has 0 unspecified atom stereocenters. The molecule has 0 aliphatic carbocycles. The van der Waals surface area contributed by atoms with Gasteiger partial charge in [0.25, 0.3) is 0 Å². The van der Waals surface area contributed by atoms with E-state index in [0.29, 0.717) is 16.5 Å². The number of rotatable bonds is 6. The highest BCUT2D eigenvalue weighted by molar-refractivity contribution is 7.99. The lowest BCUT2D eigenvalue weighted by atomic mass is 10.1. The zero-order valence-electron chi connectivity index (χ0n) is 12.5. The molecule has 0 bridgehead atoms. The quantitative estimate of drug-likeness (QED) is 0.514. The Kier molecular flexibility index (Phi) is 4.73. The van der Waals surface area contributed by atoms with Crippen LogP contribution in [-0.2, 0) is 0 Å². The third-order valence-corrected chi connectivity index (χ3v) is 4.23. The van der Waals surface area contributed by atoms with Crippen LogP contribution in [0.15, 0.2) is 66.1 Å². The highest BCUT2D eigenvalue weighted by Crippen LogP contribution is 2.23. The third kappa shape index (κ3) is 3.43. The van der Waals surface area contributed by atoms with E-state index in [1.807, 2.05) is 47.0 Å². The minimum atomic E-state index is -0.00457. The van der Waals surface area contributed by atoms with E-state index >= 15 is 0 Å². The second-order valence-electron chi connectivity index (χ2n) is 4.73. The van der Waals surface area contributed by atoms with Crippen LogP contribution in [0.1, 0.15) is 10.4 Å². The number of ether oxygens (including phenoxy) is 1. The van der Waals surface area contributed by atoms with Gasteiger partial charge in [0.1, 0.15) is 12.1 Å². The molecule has 2 aromatic carbocycles. The molecule has 0 saturated heterocycles. The summed E-state index contributed by atoms with van der Waals surface area (Å²) in [7, 11) is 1.56. The lowest BCUT2D eigenvalue weighted by molar-refractivity contribution is 0.101. The molecule has 0 aliphatic rings. The second-order valence-corrected chi connectivity index (χ2v) is 5.67. The Labute approximate surface area is 138 Å². The van der Waals surface area contributed by atoms with E-state index in [4.69, 9.17) is 4.74 Å². The van der Waals surface area contributed by atoms with Gasteiger partial charge in [-0.3, -0.25) is 9.36 Å². The van der Waals surface area contributed by atoms with Crippen LogP contribution < -0.4 is 4.74 Å². The molecule has 0 saturated carbocycles. The largest absolute Gasteiger partial charge is 0.496 e. The Balaban J connectivity index is 1.75. The molecule has 0 aliphatic heterocycles. The third-order valence-electron chi connectivity index (χ3n) is 3.29. The van der Waals surface area contributed by atoms with Crippen molar-refractivity contribution in [3.8, 4) is 11.4 Å². The maximum atomic E-state index is 12.4. The number of aromatic nitrogens is 3. The molecular weight excluding hydrogens is 310 g/mol. The highest BCUT2D eigenvalue weighted by atomic mass is 32.2. The maximum Gasteiger partial charge on any atom is 0.196 e. The van der Waals surface area contributed by atoms with Crippen LogP contribution in [0.3, 0.4) is 0 Å². The number of Topliss-reactive ketones (excluding diaryl/α,β-unsaturated/α-hetero) is 1. The van der Waals surface area contributed by atoms with Crippen molar-refractivity contribution in [3.05, 3.63) is 66.5 Å². The number of hydrogen-bond acceptors (Lipinski definition) is 5. The minimum absolute atomic E-state index is 0.00457. The van der Waals surface area contributed by atoms with Crippen molar-refractivity contribution in [2.45, 2.75) is 5.16 Å². The standard InChI is InChI=1S/C17H15N3O2S/c1-22-16-10-6-5-9-14(16)15(21)11-23-17-19-18-12-20(17)13-7-3-2-4-8-13/h2-10,12H,11H2,1H3. The first-order valence-corrected chi connectivity index (χ1v) is 8.02. The first-order valence-electron chi connectivity index (χ1n) is 7.04. The molecule has 0 N–H and O–H groups in total. The van der Waals surface area contributed by atoms with Crippen molar-refractivity contribution >= 4 is 17.5 Å². The van der Waals surface area contributed by atoms with E-state index in [-0.39, 0.29) is 11.5 Å². The van der Waals surface area contributed by atoms with Crippen LogP contribution in [-0.4, -0.2) is 33.4 Å². The Morgan fingerprint density at radius 2 is 1.87 bits per heavy atom. The second kappa shape index (κ2) is 7.11. The van der Waals surface area contributed by atoms with E-state index in [2.05, 4.69) is 10.2 Å². The van der Waals surface area contributed by atoms with Crippen molar-refractivity contribution in [1.29, 1.82) is 0 Å². The minimum Gasteiger partial charge on any atom is -0.496 e. The molecule has 23 heavy (non-hydrogen) atoms. The van der Waals surface area contributed by atoms with E-state index < -0.39 is 0 Å². The van der Waals surface area contributed by atoms with Gasteiger partial charge in [0.15, 0.2) is 10.9 Å². The van der Waals surface area contributed by atoms with Crippen molar-refractivity contribution in [1.82, 2.24) is 14.8 Å². The van der Waals surface area contributed by atoms with Crippen LogP contribution in [0.4, 0.5) is 0 Å². The molecule has 1 aromatic heterocycles. The van der Waals surface area contributed by atoms with E-state index in [9.17, 15) is 4.79 Å². The van der Waals surface area contributed by atoms with Gasteiger partial charge in [-0.25, -0.2) is 0 Å². The molecule has 6 heteroatoms. The van der Waals surface area contributed by atoms with Gasteiger partial charge in [-0.15, -0.1) is 10.2 Å². The summed E-state index contributed by atoms with van der Waals surface area (Å²) >= 11 is 1.35. The monoisotopic (exact) mass is 325 g/mol. The molecule has 0 fully saturated rings. The van der Waals surface area contributed by atoms with Crippen LogP contribution in [0, 0.1) is 0 Å². The Morgan fingerprint density at radius 1 is 1.13 bits per heavy atom. The summed E-state index contributed by atoms with van der Waals surface area (Å²) in [5, 5.41) is 8.71. The summed E-state index contributed by atoms with van der Waals surface area (Å²) in [6.45, 7) is 0. The predicted molar refractivity (Wildman–Crippen MR) is 89.4 cm³/mol. The van der Waals surface area contributed by atoms with Gasteiger partial charge in [0.05, 0.1) is 18.4 Å². The average molecular weight is 325 g/mol. The van der Waals surface area contributed by atoms with Crippen LogP contribution >= 0.6 is 11.8 Å². The molecule has 0 amide bonds. The summed E-state index contributed by atoms with van der Waals surface area (Å²) in [5.41, 5.74) is 1.54. The number of para-hydroxylation sites is 2. The molecular formula is C17H15N3O2S. The number of nitrogens with zero attached hydrogens (tertiary/aromatic N) is 3. The molecule has 1 heterocycles. The Morgan fingerprint density at radius 3 is 2.65 bits per heavy atom. The van der Waals surface area contributed by atoms with Gasteiger partial charge in [0, 0.05) is 5.69 Å². The van der Waals surface area contributed by atoms with Gasteiger partial charge in [-0.1, -0.05) is 42.1 Å². The zero-order valence-corrected chi connectivity index (χ0v) is 13.4. The van der Waals surface area contributed by atoms with E-state index in [1.54, 1.807) is 25.6 Å². The fourth-order valence-electron chi connectivity index (χ4n) is 2.17. The number of methoxy groups -OCH3 is 1. The van der Waals surface area contributed by atoms with Crippen LogP contribution in [0.5, 0.6) is 5.75 Å². The van der Waals surface area contributed by atoms with Gasteiger partial charge in [-0.2, -0.15) is 0 Å². The SMILES string of the molecule is COc1ccccc1C(=O)CSc1nncn1-c1ccccc1. The molecule has 5 nitrogen and oxygen atoms in total. The van der Waals surface area contributed by atoms with Gasteiger partial charge in [0.2, 0.25) is 0 Å². The summed E-state index contributed by atoms with van der Waals surface area (Å²) in [4.78, 5) is 12.4. The van der Waals surface area contributed by atoms with Crippen molar-refractivity contribution in [2.24, 2.45) is 0 Å². The van der Waals surface area contributed by atoms with E-state index in [0.717, 1.165) is 5.69 Å². The first kappa shape index (κ1) is 15.3. The molecule has 0 atom stereocenters. The number of carbonyl (C=O) groups excluding carboxylic acids is 1. The van der Waals surface area contributed by atoms with Gasteiger partial charge >= 0.3 is 0 Å². The topological polar surface area (TPSA) is 57.0 Å². The smallest absolute Gasteiger partial charge is 0.196 e. The van der Waals surface area contributed by atoms with Crippen LogP contribution in [0.2, 0.25) is 0 Å². The van der Waals surface area contributed by atoms with Crippen LogP contribution in [0.25, 0.3) is 5.69 Å².